The largest absolute Gasteiger partial charge is 0.334 e. The second kappa shape index (κ2) is 8.76. The lowest BCUT2D eigenvalue weighted by atomic mass is 10.1. The van der Waals surface area contributed by atoms with Gasteiger partial charge in [0.25, 0.3) is 17.7 Å². The third-order valence-electron chi connectivity index (χ3n) is 5.47. The lowest BCUT2D eigenvalue weighted by Gasteiger charge is -2.25. The van der Waals surface area contributed by atoms with Gasteiger partial charge < -0.3 is 10.2 Å². The number of hydrogen-bond donors (Lipinski definition) is 1. The predicted octanol–water partition coefficient (Wildman–Crippen LogP) is 2.73. The van der Waals surface area contributed by atoms with Gasteiger partial charge in [0.2, 0.25) is 0 Å². The number of amides is 3. The van der Waals surface area contributed by atoms with Crippen LogP contribution in [0.15, 0.2) is 48.5 Å². The van der Waals surface area contributed by atoms with Crippen LogP contribution >= 0.6 is 12.4 Å². The van der Waals surface area contributed by atoms with Gasteiger partial charge in [-0.05, 0) is 49.7 Å². The van der Waals surface area contributed by atoms with Gasteiger partial charge in [-0.2, -0.15) is 0 Å². The van der Waals surface area contributed by atoms with Crippen LogP contribution in [0.5, 0.6) is 0 Å². The Labute approximate surface area is 176 Å². The molecule has 2 aliphatic heterocycles. The normalized spacial score (nSPS) is 18.0. The number of imide groups is 1. The van der Waals surface area contributed by atoms with Gasteiger partial charge in [-0.25, -0.2) is 0 Å². The van der Waals surface area contributed by atoms with Crippen LogP contribution in [0.4, 0.5) is 0 Å². The Balaban J connectivity index is 0.00000240. The average Bonchev–Trinajstić information content (AvgIpc) is 3.27. The minimum atomic E-state index is -0.286. The molecule has 2 aliphatic rings. The van der Waals surface area contributed by atoms with Crippen LogP contribution in [0.2, 0.25) is 0 Å². The molecule has 0 bridgehead atoms. The van der Waals surface area contributed by atoms with Crippen molar-refractivity contribution < 1.29 is 14.4 Å². The summed E-state index contributed by atoms with van der Waals surface area (Å²) in [6.45, 7) is 1.70. The number of likely N-dealkylation sites (tertiary alicyclic amines) is 1. The Kier molecular flexibility index (Phi) is 6.35. The number of carbonyl (C=O) groups is 3. The molecular formula is C22H24ClN3O3. The summed E-state index contributed by atoms with van der Waals surface area (Å²) in [6, 6.07) is 14.3. The highest BCUT2D eigenvalue weighted by Crippen LogP contribution is 2.25. The van der Waals surface area contributed by atoms with Gasteiger partial charge in [0.1, 0.15) is 0 Å². The van der Waals surface area contributed by atoms with E-state index in [1.54, 1.807) is 36.4 Å². The first-order valence-electron chi connectivity index (χ1n) is 9.60. The monoisotopic (exact) mass is 413 g/mol. The van der Waals surface area contributed by atoms with E-state index in [-0.39, 0.29) is 42.7 Å². The fourth-order valence-corrected chi connectivity index (χ4v) is 4.08. The second-order valence-corrected chi connectivity index (χ2v) is 7.29. The van der Waals surface area contributed by atoms with Gasteiger partial charge in [-0.1, -0.05) is 24.3 Å². The summed E-state index contributed by atoms with van der Waals surface area (Å²) in [7, 11) is 1.89. The third-order valence-corrected chi connectivity index (χ3v) is 5.47. The minimum Gasteiger partial charge on any atom is -0.334 e. The molecule has 3 amide bonds. The number of fused-ring (bicyclic) bond motifs is 1. The summed E-state index contributed by atoms with van der Waals surface area (Å²) in [4.78, 5) is 41.3. The molecule has 0 aromatic heterocycles. The quantitative estimate of drug-likeness (QED) is 0.765. The van der Waals surface area contributed by atoms with Gasteiger partial charge in [-0.15, -0.1) is 12.4 Å². The smallest absolute Gasteiger partial charge is 0.261 e. The zero-order valence-electron chi connectivity index (χ0n) is 16.3. The number of benzene rings is 2. The van der Waals surface area contributed by atoms with Crippen LogP contribution in [0.1, 0.15) is 49.5 Å². The topological polar surface area (TPSA) is 69.7 Å². The van der Waals surface area contributed by atoms with Gasteiger partial charge in [-0.3, -0.25) is 19.3 Å². The highest BCUT2D eigenvalue weighted by Gasteiger charge is 2.35. The maximum atomic E-state index is 13.0. The van der Waals surface area contributed by atoms with Crippen molar-refractivity contribution in [3.63, 3.8) is 0 Å². The number of likely N-dealkylation sites (N-methyl/N-ethyl adjacent to an activating group) is 1. The maximum absolute atomic E-state index is 13.0. The van der Waals surface area contributed by atoms with E-state index in [1.165, 1.54) is 4.90 Å². The Hall–Kier alpha value is -2.70. The van der Waals surface area contributed by atoms with Crippen molar-refractivity contribution in [2.24, 2.45) is 0 Å². The lowest BCUT2D eigenvalue weighted by molar-refractivity contribution is 0.0642. The molecule has 0 saturated carbocycles. The van der Waals surface area contributed by atoms with E-state index >= 15 is 0 Å². The molecule has 0 spiro atoms. The van der Waals surface area contributed by atoms with Crippen molar-refractivity contribution in [2.45, 2.75) is 25.4 Å². The fourth-order valence-electron chi connectivity index (χ4n) is 4.08. The van der Waals surface area contributed by atoms with Crippen LogP contribution in [0.3, 0.4) is 0 Å². The van der Waals surface area contributed by atoms with Crippen LogP contribution < -0.4 is 5.32 Å². The Morgan fingerprint density at radius 2 is 1.76 bits per heavy atom. The highest BCUT2D eigenvalue weighted by molar-refractivity contribution is 6.21. The molecule has 1 saturated heterocycles. The van der Waals surface area contributed by atoms with Crippen molar-refractivity contribution >= 4 is 30.1 Å². The molecule has 1 atom stereocenters. The standard InChI is InChI=1S/C22H23N3O3.ClH/c1-23-13-17-8-5-11-24(17)20(26)16-7-4-6-15(12-16)14-25-21(27)18-9-2-3-10-19(18)22(25)28;/h2-4,6-7,9-10,12,17,23H,5,8,11,13-14H2,1H3;1H. The first-order valence-corrected chi connectivity index (χ1v) is 9.60. The lowest BCUT2D eigenvalue weighted by Crippen LogP contribution is -2.40. The number of nitrogens with one attached hydrogen (secondary N) is 1. The second-order valence-electron chi connectivity index (χ2n) is 7.29. The molecule has 7 heteroatoms. The zero-order chi connectivity index (χ0) is 19.7. The van der Waals surface area contributed by atoms with Crippen molar-refractivity contribution in [3.05, 3.63) is 70.8 Å². The number of halogens is 1. The van der Waals surface area contributed by atoms with E-state index in [9.17, 15) is 14.4 Å². The molecule has 1 unspecified atom stereocenters. The van der Waals surface area contributed by atoms with E-state index in [0.29, 0.717) is 16.7 Å². The third kappa shape index (κ3) is 3.91. The molecular weight excluding hydrogens is 390 g/mol. The predicted molar refractivity (Wildman–Crippen MR) is 112 cm³/mol. The van der Waals surface area contributed by atoms with Crippen LogP contribution in [-0.2, 0) is 6.54 Å². The Morgan fingerprint density at radius 1 is 1.07 bits per heavy atom. The molecule has 2 heterocycles. The Morgan fingerprint density at radius 3 is 2.41 bits per heavy atom. The molecule has 1 fully saturated rings. The number of carbonyl (C=O) groups excluding carboxylic acids is 3. The molecule has 4 rings (SSSR count). The van der Waals surface area contributed by atoms with E-state index in [2.05, 4.69) is 5.32 Å². The minimum absolute atomic E-state index is 0. The maximum Gasteiger partial charge on any atom is 0.261 e. The summed E-state index contributed by atoms with van der Waals surface area (Å²) in [5.41, 5.74) is 2.24. The molecule has 1 N–H and O–H groups in total. The molecule has 2 aromatic rings. The summed E-state index contributed by atoms with van der Waals surface area (Å²) < 4.78 is 0. The number of hydrogen-bond acceptors (Lipinski definition) is 4. The first-order chi connectivity index (χ1) is 13.6. The van der Waals surface area contributed by atoms with Gasteiger partial charge in [0.15, 0.2) is 0 Å². The van der Waals surface area contributed by atoms with Crippen LogP contribution in [-0.4, -0.2) is 53.7 Å². The van der Waals surface area contributed by atoms with E-state index in [1.807, 2.05) is 24.1 Å². The van der Waals surface area contributed by atoms with Crippen molar-refractivity contribution in [3.8, 4) is 0 Å². The molecule has 152 valence electrons. The SMILES string of the molecule is CNCC1CCCN1C(=O)c1cccc(CN2C(=O)c3ccccc3C2=O)c1.Cl. The number of rotatable bonds is 5. The van der Waals surface area contributed by atoms with E-state index in [0.717, 1.165) is 31.5 Å². The fraction of sp³-hybridized carbons (Fsp3) is 0.318. The van der Waals surface area contributed by atoms with Crippen LogP contribution in [0.25, 0.3) is 0 Å². The average molecular weight is 414 g/mol. The van der Waals surface area contributed by atoms with Crippen molar-refractivity contribution in [1.82, 2.24) is 15.1 Å². The van der Waals surface area contributed by atoms with E-state index in [4.69, 9.17) is 0 Å². The molecule has 0 radical (unpaired) electrons. The molecule has 0 aliphatic carbocycles. The number of nitrogens with zero attached hydrogens (tertiary/aromatic N) is 2. The molecule has 29 heavy (non-hydrogen) atoms. The van der Waals surface area contributed by atoms with Gasteiger partial charge in [0.05, 0.1) is 17.7 Å². The van der Waals surface area contributed by atoms with E-state index < -0.39 is 0 Å². The first kappa shape index (κ1) is 21.0. The molecule has 6 nitrogen and oxygen atoms in total. The molecule has 2 aromatic carbocycles. The van der Waals surface area contributed by atoms with Gasteiger partial charge in [0, 0.05) is 24.7 Å². The summed E-state index contributed by atoms with van der Waals surface area (Å²) in [6.07, 6.45) is 2.01. The van der Waals surface area contributed by atoms with Gasteiger partial charge >= 0.3 is 0 Å². The highest BCUT2D eigenvalue weighted by atomic mass is 35.5. The van der Waals surface area contributed by atoms with Crippen molar-refractivity contribution in [2.75, 3.05) is 20.1 Å². The van der Waals surface area contributed by atoms with Crippen molar-refractivity contribution in [1.29, 1.82) is 0 Å². The Bertz CT molecular complexity index is 911. The van der Waals surface area contributed by atoms with Crippen LogP contribution in [0, 0.1) is 0 Å². The summed E-state index contributed by atoms with van der Waals surface area (Å²) in [5, 5.41) is 3.15. The summed E-state index contributed by atoms with van der Waals surface area (Å²) >= 11 is 0. The zero-order valence-corrected chi connectivity index (χ0v) is 17.1. The summed E-state index contributed by atoms with van der Waals surface area (Å²) in [5.74, 6) is -0.570.